The van der Waals surface area contributed by atoms with Crippen LogP contribution in [0.2, 0.25) is 0 Å². The van der Waals surface area contributed by atoms with Gasteiger partial charge < -0.3 is 5.11 Å². The van der Waals surface area contributed by atoms with Crippen molar-refractivity contribution in [3.63, 3.8) is 0 Å². The lowest BCUT2D eigenvalue weighted by atomic mass is 9.68. The molecule has 2 aliphatic carbocycles. The maximum Gasteiger partial charge on any atom is 0.123 e. The highest BCUT2D eigenvalue weighted by molar-refractivity contribution is 5.61. The molecule has 0 bridgehead atoms. The zero-order chi connectivity index (χ0) is 19.0. The third-order valence-electron chi connectivity index (χ3n) is 6.48. The Morgan fingerprint density at radius 2 is 2.19 bits per heavy atom. The standard InChI is InChI=1S/C23H27FN2O/c1-3-4-5-21(27)12-17-6-7-18-13-22-16(14-23(17,18)2)15-25-26(22)20-10-8-19(24)9-11-20/h3,8-11,13,15,17,21,27H,1,4-7,12,14H2,2H3/t17?,21-,23+/m0/s1. The van der Waals surface area contributed by atoms with Crippen molar-refractivity contribution in [3.8, 4) is 5.69 Å². The maximum absolute atomic E-state index is 13.3. The van der Waals surface area contributed by atoms with E-state index in [2.05, 4.69) is 24.7 Å². The molecule has 1 unspecified atom stereocenters. The molecule has 27 heavy (non-hydrogen) atoms. The van der Waals surface area contributed by atoms with Gasteiger partial charge in [-0.2, -0.15) is 5.10 Å². The Hall–Kier alpha value is -2.20. The highest BCUT2D eigenvalue weighted by Crippen LogP contribution is 2.54. The Bertz CT molecular complexity index is 867. The van der Waals surface area contributed by atoms with Gasteiger partial charge in [0.05, 0.1) is 23.7 Å². The predicted molar refractivity (Wildman–Crippen MR) is 106 cm³/mol. The van der Waals surface area contributed by atoms with Crippen LogP contribution in [-0.2, 0) is 6.42 Å². The summed E-state index contributed by atoms with van der Waals surface area (Å²) in [6.07, 6.45) is 11.5. The van der Waals surface area contributed by atoms with E-state index in [0.717, 1.165) is 49.9 Å². The topological polar surface area (TPSA) is 38.1 Å². The molecule has 0 spiro atoms. The summed E-state index contributed by atoms with van der Waals surface area (Å²) in [6, 6.07) is 6.48. The molecular weight excluding hydrogens is 339 g/mol. The second-order valence-electron chi connectivity index (χ2n) is 8.20. The van der Waals surface area contributed by atoms with Crippen LogP contribution in [0.4, 0.5) is 4.39 Å². The first-order valence-corrected chi connectivity index (χ1v) is 9.84. The van der Waals surface area contributed by atoms with E-state index >= 15 is 0 Å². The highest BCUT2D eigenvalue weighted by atomic mass is 19.1. The summed E-state index contributed by atoms with van der Waals surface area (Å²) in [7, 11) is 0. The van der Waals surface area contributed by atoms with Crippen LogP contribution >= 0.6 is 0 Å². The number of aromatic nitrogens is 2. The molecule has 0 aliphatic heterocycles. The summed E-state index contributed by atoms with van der Waals surface area (Å²) in [4.78, 5) is 0. The SMILES string of the molecule is C=CCC[C@H](O)CC1CCC2=Cc3c(cnn3-c3ccc(F)cc3)C[C@@]21C. The number of aliphatic hydroxyl groups excluding tert-OH is 1. The van der Waals surface area contributed by atoms with Crippen molar-refractivity contribution < 1.29 is 9.50 Å². The molecule has 1 aromatic carbocycles. The maximum atomic E-state index is 13.3. The van der Waals surface area contributed by atoms with Crippen molar-refractivity contribution in [2.75, 3.05) is 0 Å². The van der Waals surface area contributed by atoms with Crippen LogP contribution in [0.3, 0.4) is 0 Å². The number of hydrogen-bond donors (Lipinski definition) is 1. The van der Waals surface area contributed by atoms with Crippen molar-refractivity contribution >= 4 is 6.08 Å². The van der Waals surface area contributed by atoms with Crippen molar-refractivity contribution in [3.05, 3.63) is 65.8 Å². The Morgan fingerprint density at radius 3 is 2.93 bits per heavy atom. The number of rotatable bonds is 6. The van der Waals surface area contributed by atoms with Gasteiger partial charge in [0, 0.05) is 0 Å². The molecule has 3 nitrogen and oxygen atoms in total. The second kappa shape index (κ2) is 7.08. The Labute approximate surface area is 160 Å². The molecule has 2 aliphatic rings. The second-order valence-corrected chi connectivity index (χ2v) is 8.20. The van der Waals surface area contributed by atoms with Gasteiger partial charge in [-0.05, 0) is 85.8 Å². The lowest BCUT2D eigenvalue weighted by molar-refractivity contribution is 0.106. The Kier molecular flexibility index (Phi) is 4.77. The van der Waals surface area contributed by atoms with Crippen LogP contribution in [0.5, 0.6) is 0 Å². The third-order valence-corrected chi connectivity index (χ3v) is 6.48. The van der Waals surface area contributed by atoms with E-state index in [1.807, 2.05) is 17.0 Å². The van der Waals surface area contributed by atoms with Crippen molar-refractivity contribution in [1.82, 2.24) is 9.78 Å². The number of hydrogen-bond acceptors (Lipinski definition) is 2. The van der Waals surface area contributed by atoms with Gasteiger partial charge in [0.1, 0.15) is 5.82 Å². The van der Waals surface area contributed by atoms with Crippen LogP contribution in [-0.4, -0.2) is 21.0 Å². The molecule has 1 heterocycles. The minimum atomic E-state index is -0.257. The zero-order valence-corrected chi connectivity index (χ0v) is 15.9. The number of benzene rings is 1. The first kappa shape index (κ1) is 18.2. The minimum Gasteiger partial charge on any atom is -0.393 e. The van der Waals surface area contributed by atoms with Gasteiger partial charge in [0.2, 0.25) is 0 Å². The molecular formula is C23H27FN2O. The molecule has 0 saturated heterocycles. The van der Waals surface area contributed by atoms with Crippen LogP contribution in [0.15, 0.2) is 48.7 Å². The third kappa shape index (κ3) is 3.27. The molecule has 142 valence electrons. The molecule has 1 saturated carbocycles. The van der Waals surface area contributed by atoms with Gasteiger partial charge in [-0.3, -0.25) is 0 Å². The molecule has 4 rings (SSSR count). The molecule has 1 N–H and O–H groups in total. The van der Waals surface area contributed by atoms with Crippen LogP contribution in [0.1, 0.15) is 50.3 Å². The van der Waals surface area contributed by atoms with E-state index in [9.17, 15) is 9.50 Å². The first-order valence-electron chi connectivity index (χ1n) is 9.84. The first-order chi connectivity index (χ1) is 13.0. The zero-order valence-electron chi connectivity index (χ0n) is 15.9. The average Bonchev–Trinajstić information content (AvgIpc) is 3.19. The van der Waals surface area contributed by atoms with E-state index in [-0.39, 0.29) is 17.3 Å². The predicted octanol–water partition coefficient (Wildman–Crippen LogP) is 5.08. The van der Waals surface area contributed by atoms with E-state index in [0.29, 0.717) is 5.92 Å². The molecule has 1 fully saturated rings. The number of allylic oxidation sites excluding steroid dienone is 2. The lowest BCUT2D eigenvalue weighted by Crippen LogP contribution is -2.31. The van der Waals surface area contributed by atoms with Crippen LogP contribution in [0.25, 0.3) is 11.8 Å². The van der Waals surface area contributed by atoms with E-state index < -0.39 is 0 Å². The molecule has 4 heteroatoms. The van der Waals surface area contributed by atoms with Crippen molar-refractivity contribution in [1.29, 1.82) is 0 Å². The normalized spacial score (nSPS) is 24.9. The quantitative estimate of drug-likeness (QED) is 0.724. The van der Waals surface area contributed by atoms with Crippen molar-refractivity contribution in [2.45, 2.75) is 51.6 Å². The lowest BCUT2D eigenvalue weighted by Gasteiger charge is -2.37. The molecule has 1 aromatic heterocycles. The van der Waals surface area contributed by atoms with E-state index in [1.54, 1.807) is 12.1 Å². The highest BCUT2D eigenvalue weighted by Gasteiger charge is 2.45. The summed E-state index contributed by atoms with van der Waals surface area (Å²) >= 11 is 0. The molecule has 2 aromatic rings. The van der Waals surface area contributed by atoms with Gasteiger partial charge in [0.15, 0.2) is 0 Å². The van der Waals surface area contributed by atoms with Gasteiger partial charge in [0.25, 0.3) is 0 Å². The van der Waals surface area contributed by atoms with Gasteiger partial charge in [-0.25, -0.2) is 9.07 Å². The Balaban J connectivity index is 1.59. The number of nitrogens with zero attached hydrogens (tertiary/aromatic N) is 2. The van der Waals surface area contributed by atoms with Crippen LogP contribution < -0.4 is 0 Å². The van der Waals surface area contributed by atoms with Crippen molar-refractivity contribution in [2.24, 2.45) is 11.3 Å². The smallest absolute Gasteiger partial charge is 0.123 e. The fourth-order valence-electron chi connectivity index (χ4n) is 4.86. The monoisotopic (exact) mass is 366 g/mol. The average molecular weight is 366 g/mol. The summed E-state index contributed by atoms with van der Waals surface area (Å²) in [6.45, 7) is 6.09. The number of aliphatic hydroxyl groups is 1. The van der Waals surface area contributed by atoms with Gasteiger partial charge in [-0.1, -0.05) is 18.6 Å². The fraction of sp³-hybridized carbons (Fsp3) is 0.435. The fourth-order valence-corrected chi connectivity index (χ4v) is 4.86. The van der Waals surface area contributed by atoms with E-state index in [4.69, 9.17) is 0 Å². The minimum absolute atomic E-state index is 0.0960. The Morgan fingerprint density at radius 1 is 1.41 bits per heavy atom. The molecule has 3 atom stereocenters. The largest absolute Gasteiger partial charge is 0.393 e. The van der Waals surface area contributed by atoms with Gasteiger partial charge in [-0.15, -0.1) is 6.58 Å². The summed E-state index contributed by atoms with van der Waals surface area (Å²) in [5.41, 5.74) is 4.78. The van der Waals surface area contributed by atoms with Gasteiger partial charge >= 0.3 is 0 Å². The molecule has 0 amide bonds. The number of fused-ring (bicyclic) bond motifs is 2. The summed E-state index contributed by atoms with van der Waals surface area (Å²) in [5, 5.41) is 15.0. The summed E-state index contributed by atoms with van der Waals surface area (Å²) < 4.78 is 15.2. The molecule has 0 radical (unpaired) electrons. The number of halogens is 1. The summed E-state index contributed by atoms with van der Waals surface area (Å²) in [5.74, 6) is 0.255. The van der Waals surface area contributed by atoms with E-state index in [1.165, 1.54) is 23.3 Å². The van der Waals surface area contributed by atoms with Crippen LogP contribution in [0, 0.1) is 17.2 Å².